The Morgan fingerprint density at radius 1 is 0.829 bits per heavy atom. The zero-order valence-electron chi connectivity index (χ0n) is 19.1. The summed E-state index contributed by atoms with van der Waals surface area (Å²) < 4.78 is 42.5. The molecule has 0 aliphatic rings. The van der Waals surface area contributed by atoms with Crippen LogP contribution in [0.25, 0.3) is 0 Å². The van der Waals surface area contributed by atoms with Gasteiger partial charge in [0, 0.05) is 0 Å². The highest BCUT2D eigenvalue weighted by molar-refractivity contribution is 7.92. The summed E-state index contributed by atoms with van der Waals surface area (Å²) in [6, 6.07) is 29.8. The van der Waals surface area contributed by atoms with Gasteiger partial charge in [0.15, 0.2) is 0 Å². The number of benzene rings is 4. The summed E-state index contributed by atoms with van der Waals surface area (Å²) in [5.41, 5.74) is 2.51. The summed E-state index contributed by atoms with van der Waals surface area (Å²) in [5, 5.41) is 2.97. The van der Waals surface area contributed by atoms with Crippen LogP contribution in [0.1, 0.15) is 22.7 Å². The van der Waals surface area contributed by atoms with Crippen molar-refractivity contribution < 1.29 is 17.6 Å². The van der Waals surface area contributed by atoms with Gasteiger partial charge in [-0.15, -0.1) is 0 Å². The third-order valence-electron chi connectivity index (χ3n) is 5.68. The number of nitrogens with zero attached hydrogens (tertiary/aromatic N) is 1. The van der Waals surface area contributed by atoms with Gasteiger partial charge in [0.25, 0.3) is 10.0 Å². The van der Waals surface area contributed by atoms with Gasteiger partial charge >= 0.3 is 0 Å². The number of carbonyl (C=O) groups excluding carboxylic acids is 1. The molecule has 0 aliphatic heterocycles. The number of halogens is 1. The zero-order chi connectivity index (χ0) is 24.8. The van der Waals surface area contributed by atoms with Crippen LogP contribution in [0.2, 0.25) is 0 Å². The number of rotatable bonds is 8. The van der Waals surface area contributed by atoms with Crippen molar-refractivity contribution in [2.24, 2.45) is 0 Å². The van der Waals surface area contributed by atoms with Gasteiger partial charge in [-0.05, 0) is 47.9 Å². The molecule has 7 heteroatoms. The normalized spacial score (nSPS) is 12.1. The number of amides is 1. The van der Waals surface area contributed by atoms with Crippen LogP contribution in [-0.2, 0) is 14.8 Å². The largest absolute Gasteiger partial charge is 0.344 e. The molecule has 4 rings (SSSR count). The fourth-order valence-electron chi connectivity index (χ4n) is 3.91. The smallest absolute Gasteiger partial charge is 0.264 e. The molecule has 4 aromatic carbocycles. The van der Waals surface area contributed by atoms with E-state index in [-0.39, 0.29) is 10.6 Å². The minimum absolute atomic E-state index is 0.0328. The molecule has 0 aliphatic carbocycles. The van der Waals surface area contributed by atoms with Crippen molar-refractivity contribution in [3.8, 4) is 0 Å². The molecule has 0 saturated carbocycles. The second-order valence-corrected chi connectivity index (χ2v) is 9.91. The first-order chi connectivity index (χ1) is 16.9. The Labute approximate surface area is 204 Å². The number of hydrogen-bond acceptors (Lipinski definition) is 3. The number of nitrogens with one attached hydrogen (secondary N) is 1. The molecule has 0 spiro atoms. The van der Waals surface area contributed by atoms with Crippen LogP contribution in [0.5, 0.6) is 0 Å². The van der Waals surface area contributed by atoms with Crippen LogP contribution in [0.4, 0.5) is 10.1 Å². The quantitative estimate of drug-likeness (QED) is 0.369. The van der Waals surface area contributed by atoms with E-state index in [1.165, 1.54) is 36.4 Å². The van der Waals surface area contributed by atoms with E-state index in [2.05, 4.69) is 5.32 Å². The molecule has 178 valence electrons. The first-order valence-corrected chi connectivity index (χ1v) is 12.5. The molecule has 0 saturated heterocycles. The Balaban J connectivity index is 1.71. The van der Waals surface area contributed by atoms with Crippen LogP contribution in [0.15, 0.2) is 114 Å². The summed E-state index contributed by atoms with van der Waals surface area (Å²) in [6.07, 6.45) is 0. The second kappa shape index (κ2) is 10.5. The lowest BCUT2D eigenvalue weighted by atomic mass is 9.95. The third-order valence-corrected chi connectivity index (χ3v) is 7.45. The average molecular weight is 489 g/mol. The Morgan fingerprint density at radius 3 is 2.06 bits per heavy atom. The number of para-hydroxylation sites is 1. The van der Waals surface area contributed by atoms with Gasteiger partial charge in [-0.3, -0.25) is 9.10 Å². The second-order valence-electron chi connectivity index (χ2n) is 8.04. The van der Waals surface area contributed by atoms with Gasteiger partial charge < -0.3 is 5.32 Å². The van der Waals surface area contributed by atoms with Crippen molar-refractivity contribution in [2.75, 3.05) is 10.8 Å². The first-order valence-electron chi connectivity index (χ1n) is 11.1. The molecule has 0 unspecified atom stereocenters. The molecular formula is C28H25FN2O3S. The molecule has 0 radical (unpaired) electrons. The summed E-state index contributed by atoms with van der Waals surface area (Å²) in [7, 11) is -4.21. The molecule has 0 aromatic heterocycles. The van der Waals surface area contributed by atoms with Gasteiger partial charge in [0.1, 0.15) is 12.4 Å². The minimum Gasteiger partial charge on any atom is -0.344 e. The Hall–Kier alpha value is -3.97. The number of aryl methyl sites for hydroxylation is 1. The van der Waals surface area contributed by atoms with Crippen molar-refractivity contribution in [1.82, 2.24) is 5.32 Å². The first kappa shape index (κ1) is 24.2. The topological polar surface area (TPSA) is 66.5 Å². The molecule has 4 aromatic rings. The summed E-state index contributed by atoms with van der Waals surface area (Å²) >= 11 is 0. The Bertz CT molecular complexity index is 1410. The van der Waals surface area contributed by atoms with E-state index in [0.29, 0.717) is 0 Å². The SMILES string of the molecule is Cc1ccccc1[C@H](NC(=O)CN(c1ccccc1F)S(=O)(=O)c1ccccc1)c1ccccc1. The maximum Gasteiger partial charge on any atom is 0.264 e. The van der Waals surface area contributed by atoms with Crippen molar-refractivity contribution in [1.29, 1.82) is 0 Å². The summed E-state index contributed by atoms with van der Waals surface area (Å²) in [6.45, 7) is 1.36. The van der Waals surface area contributed by atoms with Gasteiger partial charge in [-0.1, -0.05) is 84.9 Å². The van der Waals surface area contributed by atoms with Crippen LogP contribution in [0, 0.1) is 12.7 Å². The van der Waals surface area contributed by atoms with E-state index in [1.807, 2.05) is 61.5 Å². The van der Waals surface area contributed by atoms with Gasteiger partial charge in [0.2, 0.25) is 5.91 Å². The van der Waals surface area contributed by atoms with Crippen LogP contribution in [-0.4, -0.2) is 20.9 Å². The number of carbonyl (C=O) groups is 1. The molecule has 0 heterocycles. The van der Waals surface area contributed by atoms with Gasteiger partial charge in [-0.25, -0.2) is 12.8 Å². The Morgan fingerprint density at radius 2 is 1.40 bits per heavy atom. The van der Waals surface area contributed by atoms with Crippen LogP contribution in [0.3, 0.4) is 0 Å². The van der Waals surface area contributed by atoms with E-state index < -0.39 is 34.3 Å². The average Bonchev–Trinajstić information content (AvgIpc) is 2.88. The van der Waals surface area contributed by atoms with Crippen molar-refractivity contribution in [3.63, 3.8) is 0 Å². The Kier molecular flexibility index (Phi) is 7.27. The van der Waals surface area contributed by atoms with E-state index >= 15 is 0 Å². The molecule has 35 heavy (non-hydrogen) atoms. The monoisotopic (exact) mass is 488 g/mol. The van der Waals surface area contributed by atoms with Gasteiger partial charge in [0.05, 0.1) is 16.6 Å². The number of hydrogen-bond donors (Lipinski definition) is 1. The molecule has 0 fully saturated rings. The minimum atomic E-state index is -4.21. The maximum absolute atomic E-state index is 14.7. The van der Waals surface area contributed by atoms with E-state index in [1.54, 1.807) is 18.2 Å². The van der Waals surface area contributed by atoms with Crippen LogP contribution >= 0.6 is 0 Å². The highest BCUT2D eigenvalue weighted by Crippen LogP contribution is 2.28. The third kappa shape index (κ3) is 5.41. The molecular weight excluding hydrogens is 463 g/mol. The van der Waals surface area contributed by atoms with Crippen molar-refractivity contribution in [2.45, 2.75) is 17.9 Å². The molecule has 1 N–H and O–H groups in total. The number of anilines is 1. The molecule has 5 nitrogen and oxygen atoms in total. The van der Waals surface area contributed by atoms with Crippen molar-refractivity contribution in [3.05, 3.63) is 132 Å². The molecule has 1 atom stereocenters. The van der Waals surface area contributed by atoms with Crippen molar-refractivity contribution >= 4 is 21.6 Å². The fourth-order valence-corrected chi connectivity index (χ4v) is 5.36. The predicted molar refractivity (Wildman–Crippen MR) is 135 cm³/mol. The zero-order valence-corrected chi connectivity index (χ0v) is 20.0. The lowest BCUT2D eigenvalue weighted by molar-refractivity contribution is -0.120. The number of sulfonamides is 1. The highest BCUT2D eigenvalue weighted by atomic mass is 32.2. The molecule has 1 amide bonds. The van der Waals surface area contributed by atoms with E-state index in [4.69, 9.17) is 0 Å². The maximum atomic E-state index is 14.7. The molecule has 0 bridgehead atoms. The predicted octanol–water partition coefficient (Wildman–Crippen LogP) is 5.24. The van der Waals surface area contributed by atoms with E-state index in [9.17, 15) is 17.6 Å². The summed E-state index contributed by atoms with van der Waals surface area (Å²) in [5.74, 6) is -1.30. The lowest BCUT2D eigenvalue weighted by Gasteiger charge is -2.27. The standard InChI is InChI=1S/C28H25FN2O3S/c1-21-12-8-9-17-24(21)28(22-13-4-2-5-14-22)30-27(32)20-31(26-19-11-10-18-25(26)29)35(33,34)23-15-6-3-7-16-23/h2-19,28H,20H2,1H3,(H,30,32)/t28-/m1/s1. The van der Waals surface area contributed by atoms with E-state index in [0.717, 1.165) is 21.0 Å². The fraction of sp³-hybridized carbons (Fsp3) is 0.107. The highest BCUT2D eigenvalue weighted by Gasteiger charge is 2.30. The lowest BCUT2D eigenvalue weighted by Crippen LogP contribution is -2.42. The van der Waals surface area contributed by atoms with Gasteiger partial charge in [-0.2, -0.15) is 0 Å². The summed E-state index contributed by atoms with van der Waals surface area (Å²) in [4.78, 5) is 13.3. The van der Waals surface area contributed by atoms with Crippen LogP contribution < -0.4 is 9.62 Å².